The molecule has 50 valence electrons. The summed E-state index contributed by atoms with van der Waals surface area (Å²) in [6, 6.07) is 0. The van der Waals surface area contributed by atoms with Crippen LogP contribution >= 0.6 is 0 Å². The van der Waals surface area contributed by atoms with Crippen LogP contribution in [0.4, 0.5) is 0 Å². The van der Waals surface area contributed by atoms with E-state index < -0.39 is 5.97 Å². The van der Waals surface area contributed by atoms with Crippen molar-refractivity contribution in [1.29, 1.82) is 0 Å². The summed E-state index contributed by atoms with van der Waals surface area (Å²) >= 11 is 0. The van der Waals surface area contributed by atoms with Gasteiger partial charge in [0.2, 0.25) is 0 Å². The lowest BCUT2D eigenvalue weighted by atomic mass is 10.2. The Balaban J connectivity index is 4.17. The van der Waals surface area contributed by atoms with E-state index in [9.17, 15) is 9.59 Å². The second-order valence-corrected chi connectivity index (χ2v) is 1.74. The molecule has 0 fully saturated rings. The number of ketones is 1. The van der Waals surface area contributed by atoms with E-state index in [-0.39, 0.29) is 11.4 Å². The molecule has 0 saturated heterocycles. The van der Waals surface area contributed by atoms with E-state index in [0.29, 0.717) is 0 Å². The van der Waals surface area contributed by atoms with Gasteiger partial charge in [-0.3, -0.25) is 4.79 Å². The zero-order valence-electron chi connectivity index (χ0n) is 5.34. The number of hydrogen-bond acceptors (Lipinski definition) is 2. The molecule has 0 radical (unpaired) electrons. The third kappa shape index (κ3) is 3.46. The van der Waals surface area contributed by atoms with Crippen molar-refractivity contribution >= 4 is 11.8 Å². The molecule has 0 amide bonds. The second kappa shape index (κ2) is 3.02. The molecular weight excluding hydrogens is 120 g/mol. The summed E-state index contributed by atoms with van der Waals surface area (Å²) in [5, 5.41) is 8.21. The smallest absolute Gasteiger partial charge is 0.331 e. The van der Waals surface area contributed by atoms with Gasteiger partial charge in [0.1, 0.15) is 0 Å². The minimum atomic E-state index is -1.05. The topological polar surface area (TPSA) is 54.4 Å². The summed E-state index contributed by atoms with van der Waals surface area (Å²) in [6.07, 6.45) is 1.09. The zero-order valence-corrected chi connectivity index (χ0v) is 5.34. The highest BCUT2D eigenvalue weighted by Crippen LogP contribution is 1.90. The predicted octanol–water partition coefficient (Wildman–Crippen LogP) is 0.606. The Morgan fingerprint density at radius 3 is 1.89 bits per heavy atom. The molecule has 0 aromatic rings. The highest BCUT2D eigenvalue weighted by Gasteiger charge is 1.98. The fourth-order valence-corrected chi connectivity index (χ4v) is 0.367. The van der Waals surface area contributed by atoms with Crippen molar-refractivity contribution in [3.05, 3.63) is 11.6 Å². The molecule has 0 aliphatic rings. The lowest BCUT2D eigenvalue weighted by Gasteiger charge is -1.86. The Hall–Kier alpha value is -1.12. The Kier molecular flexibility index (Phi) is 2.64. The number of carboxylic acids is 1. The van der Waals surface area contributed by atoms with Crippen LogP contribution in [0, 0.1) is 0 Å². The first-order valence-corrected chi connectivity index (χ1v) is 2.46. The van der Waals surface area contributed by atoms with E-state index >= 15 is 0 Å². The van der Waals surface area contributed by atoms with Crippen LogP contribution in [-0.4, -0.2) is 16.9 Å². The van der Waals surface area contributed by atoms with E-state index in [1.807, 2.05) is 0 Å². The normalized spacial score (nSPS) is 11.1. The van der Waals surface area contributed by atoms with Crippen LogP contribution < -0.4 is 0 Å². The summed E-state index contributed by atoms with van der Waals surface area (Å²) in [4.78, 5) is 20.2. The number of carbonyl (C=O) groups is 2. The van der Waals surface area contributed by atoms with Gasteiger partial charge in [-0.05, 0) is 19.9 Å². The van der Waals surface area contributed by atoms with Crippen LogP contribution in [0.3, 0.4) is 0 Å². The molecule has 0 spiro atoms. The SMILES string of the molecule is CC(=O)C=C(C)C(=O)O. The van der Waals surface area contributed by atoms with Crippen LogP contribution in [-0.2, 0) is 9.59 Å². The van der Waals surface area contributed by atoms with Gasteiger partial charge >= 0.3 is 5.97 Å². The maximum Gasteiger partial charge on any atom is 0.331 e. The molecular formula is C6H8O3. The summed E-state index contributed by atoms with van der Waals surface area (Å²) < 4.78 is 0. The lowest BCUT2D eigenvalue weighted by molar-refractivity contribution is -0.132. The van der Waals surface area contributed by atoms with Gasteiger partial charge in [0.05, 0.1) is 0 Å². The van der Waals surface area contributed by atoms with Crippen molar-refractivity contribution < 1.29 is 14.7 Å². The van der Waals surface area contributed by atoms with Crippen LogP contribution in [0.15, 0.2) is 11.6 Å². The van der Waals surface area contributed by atoms with Gasteiger partial charge in [0, 0.05) is 5.57 Å². The van der Waals surface area contributed by atoms with Crippen LogP contribution in [0.1, 0.15) is 13.8 Å². The van der Waals surface area contributed by atoms with E-state index in [0.717, 1.165) is 6.08 Å². The monoisotopic (exact) mass is 128 g/mol. The van der Waals surface area contributed by atoms with Crippen molar-refractivity contribution in [2.24, 2.45) is 0 Å². The summed E-state index contributed by atoms with van der Waals surface area (Å²) in [6.45, 7) is 2.69. The maximum absolute atomic E-state index is 10.2. The molecule has 9 heavy (non-hydrogen) atoms. The molecule has 0 bridgehead atoms. The molecule has 0 saturated carbocycles. The predicted molar refractivity (Wildman–Crippen MR) is 32.1 cm³/mol. The zero-order chi connectivity index (χ0) is 7.44. The third-order valence-corrected chi connectivity index (χ3v) is 0.757. The van der Waals surface area contributed by atoms with Gasteiger partial charge in [0.15, 0.2) is 5.78 Å². The number of allylic oxidation sites excluding steroid dienone is 1. The fourth-order valence-electron chi connectivity index (χ4n) is 0.367. The highest BCUT2D eigenvalue weighted by molar-refractivity contribution is 5.97. The minimum absolute atomic E-state index is 0.0718. The molecule has 0 rings (SSSR count). The maximum atomic E-state index is 10.2. The van der Waals surface area contributed by atoms with Crippen molar-refractivity contribution in [2.45, 2.75) is 13.8 Å². The molecule has 0 aromatic carbocycles. The molecule has 0 aliphatic heterocycles. The van der Waals surface area contributed by atoms with Crippen molar-refractivity contribution in [3.63, 3.8) is 0 Å². The molecule has 1 N–H and O–H groups in total. The summed E-state index contributed by atoms with van der Waals surface area (Å²) in [5.41, 5.74) is 0.0718. The van der Waals surface area contributed by atoms with E-state index in [1.165, 1.54) is 13.8 Å². The average Bonchev–Trinajstić information content (AvgIpc) is 1.63. The average molecular weight is 128 g/mol. The minimum Gasteiger partial charge on any atom is -0.478 e. The van der Waals surface area contributed by atoms with E-state index in [1.54, 1.807) is 0 Å². The number of carboxylic acid groups (broad SMARTS) is 1. The van der Waals surface area contributed by atoms with Crippen molar-refractivity contribution in [3.8, 4) is 0 Å². The molecule has 3 nitrogen and oxygen atoms in total. The first kappa shape index (κ1) is 7.88. The first-order chi connectivity index (χ1) is 4.04. The lowest BCUT2D eigenvalue weighted by Crippen LogP contribution is -1.98. The van der Waals surface area contributed by atoms with Crippen LogP contribution in [0.5, 0.6) is 0 Å². The van der Waals surface area contributed by atoms with Crippen molar-refractivity contribution in [1.82, 2.24) is 0 Å². The van der Waals surface area contributed by atoms with Gasteiger partial charge in [-0.1, -0.05) is 0 Å². The molecule has 3 heteroatoms. The Bertz CT molecular complexity index is 167. The van der Waals surface area contributed by atoms with Gasteiger partial charge < -0.3 is 5.11 Å². The van der Waals surface area contributed by atoms with Gasteiger partial charge in [-0.15, -0.1) is 0 Å². The number of carbonyl (C=O) groups excluding carboxylic acids is 1. The Labute approximate surface area is 53.0 Å². The largest absolute Gasteiger partial charge is 0.478 e. The van der Waals surface area contributed by atoms with Gasteiger partial charge in [-0.25, -0.2) is 4.79 Å². The molecule has 0 atom stereocenters. The van der Waals surface area contributed by atoms with Gasteiger partial charge in [-0.2, -0.15) is 0 Å². The van der Waals surface area contributed by atoms with Crippen LogP contribution in [0.2, 0.25) is 0 Å². The number of hydrogen-bond donors (Lipinski definition) is 1. The quantitative estimate of drug-likeness (QED) is 0.554. The first-order valence-electron chi connectivity index (χ1n) is 2.46. The highest BCUT2D eigenvalue weighted by atomic mass is 16.4. The van der Waals surface area contributed by atoms with E-state index in [2.05, 4.69) is 0 Å². The van der Waals surface area contributed by atoms with Gasteiger partial charge in [0.25, 0.3) is 0 Å². The third-order valence-electron chi connectivity index (χ3n) is 0.757. The van der Waals surface area contributed by atoms with Crippen molar-refractivity contribution in [2.75, 3.05) is 0 Å². The number of aliphatic carboxylic acids is 1. The standard InChI is InChI=1S/C6H8O3/c1-4(6(8)9)3-5(2)7/h3H,1-2H3,(H,8,9). The second-order valence-electron chi connectivity index (χ2n) is 1.74. The molecule has 0 heterocycles. The summed E-state index contributed by atoms with van der Waals surface area (Å²) in [7, 11) is 0. The Morgan fingerprint density at radius 2 is 1.78 bits per heavy atom. The molecule has 0 aromatic heterocycles. The number of rotatable bonds is 2. The summed E-state index contributed by atoms with van der Waals surface area (Å²) in [5.74, 6) is -1.29. The van der Waals surface area contributed by atoms with Crippen LogP contribution in [0.25, 0.3) is 0 Å². The Morgan fingerprint density at radius 1 is 1.33 bits per heavy atom. The fraction of sp³-hybridized carbons (Fsp3) is 0.333. The van der Waals surface area contributed by atoms with E-state index in [4.69, 9.17) is 5.11 Å². The molecule has 0 unspecified atom stereocenters. The molecule has 0 aliphatic carbocycles.